The summed E-state index contributed by atoms with van der Waals surface area (Å²) in [5, 5.41) is 5.70. The molecule has 0 bridgehead atoms. The lowest BCUT2D eigenvalue weighted by molar-refractivity contribution is -0.137. The second kappa shape index (κ2) is 8.96. The van der Waals surface area contributed by atoms with Gasteiger partial charge in [0.1, 0.15) is 17.1 Å². The second-order valence-corrected chi connectivity index (χ2v) is 7.58. The molecule has 1 unspecified atom stereocenters. The highest BCUT2D eigenvalue weighted by Gasteiger charge is 2.37. The quantitative estimate of drug-likeness (QED) is 0.582. The summed E-state index contributed by atoms with van der Waals surface area (Å²) in [6.07, 6.45) is -1.89. The Morgan fingerprint density at radius 3 is 2.65 bits per heavy atom. The summed E-state index contributed by atoms with van der Waals surface area (Å²) in [6, 6.07) is 4.43. The zero-order valence-corrected chi connectivity index (χ0v) is 17.5. The maximum atomic E-state index is 13.3. The second-order valence-electron chi connectivity index (χ2n) is 7.58. The zero-order valence-electron chi connectivity index (χ0n) is 17.5. The van der Waals surface area contributed by atoms with Crippen molar-refractivity contribution in [3.05, 3.63) is 35.5 Å². The van der Waals surface area contributed by atoms with E-state index in [0.717, 1.165) is 24.6 Å². The molecule has 0 aliphatic heterocycles. The molecule has 1 amide bonds. The van der Waals surface area contributed by atoms with Gasteiger partial charge in [-0.05, 0) is 37.0 Å². The lowest BCUT2D eigenvalue weighted by Gasteiger charge is -2.18. The van der Waals surface area contributed by atoms with Gasteiger partial charge >= 0.3 is 6.18 Å². The van der Waals surface area contributed by atoms with Gasteiger partial charge in [0.05, 0.1) is 18.8 Å². The van der Waals surface area contributed by atoms with Crippen LogP contribution < -0.4 is 21.1 Å². The maximum Gasteiger partial charge on any atom is 0.421 e. The van der Waals surface area contributed by atoms with Crippen LogP contribution in [-0.4, -0.2) is 54.1 Å². The number of nitrogens with zero attached hydrogens (tertiary/aromatic N) is 3. The minimum atomic E-state index is -4.56. The standard InChI is InChI=1S/C20H25F3N6O2/c1-29(2)18(30)14(24)8-11-4-7-15(16(9-11)31-3)27-19-25-10-13(20(21,22)23)17(28-19)26-12-5-6-12/h4,7,9-10,12,14H,5-6,8,24H2,1-3H3,(H2,25,26,27,28). The molecular weight excluding hydrogens is 413 g/mol. The number of aromatic nitrogens is 2. The number of nitrogens with one attached hydrogen (secondary N) is 2. The number of amides is 1. The molecule has 0 saturated heterocycles. The van der Waals surface area contributed by atoms with Crippen molar-refractivity contribution in [2.75, 3.05) is 31.8 Å². The molecule has 1 aromatic heterocycles. The highest BCUT2D eigenvalue weighted by Crippen LogP contribution is 2.37. The Morgan fingerprint density at radius 2 is 2.06 bits per heavy atom. The number of likely N-dealkylation sites (N-methyl/N-ethyl adjacent to an activating group) is 1. The van der Waals surface area contributed by atoms with Gasteiger partial charge in [-0.25, -0.2) is 4.98 Å². The molecule has 8 nitrogen and oxygen atoms in total. The van der Waals surface area contributed by atoms with Gasteiger partial charge in [-0.15, -0.1) is 0 Å². The van der Waals surface area contributed by atoms with E-state index in [1.165, 1.54) is 12.0 Å². The molecule has 2 aromatic rings. The third-order valence-corrected chi connectivity index (χ3v) is 4.74. The largest absolute Gasteiger partial charge is 0.495 e. The van der Waals surface area contributed by atoms with Crippen LogP contribution in [0.2, 0.25) is 0 Å². The number of methoxy groups -OCH3 is 1. The summed E-state index contributed by atoms with van der Waals surface area (Å²) in [7, 11) is 4.72. The van der Waals surface area contributed by atoms with Crippen molar-refractivity contribution in [1.82, 2.24) is 14.9 Å². The fourth-order valence-electron chi connectivity index (χ4n) is 2.94. The van der Waals surface area contributed by atoms with Crippen LogP contribution in [0.1, 0.15) is 24.0 Å². The van der Waals surface area contributed by atoms with E-state index in [-0.39, 0.29) is 23.7 Å². The summed E-state index contributed by atoms with van der Waals surface area (Å²) in [6.45, 7) is 0. The van der Waals surface area contributed by atoms with E-state index < -0.39 is 17.8 Å². The minimum absolute atomic E-state index is 0.00156. The van der Waals surface area contributed by atoms with Gasteiger partial charge < -0.3 is 26.0 Å². The van der Waals surface area contributed by atoms with Crippen LogP contribution in [0, 0.1) is 0 Å². The number of hydrogen-bond acceptors (Lipinski definition) is 7. The van der Waals surface area contributed by atoms with Crippen LogP contribution >= 0.6 is 0 Å². The van der Waals surface area contributed by atoms with Gasteiger partial charge in [-0.3, -0.25) is 4.79 Å². The summed E-state index contributed by atoms with van der Waals surface area (Å²) in [5.74, 6) is -0.0323. The molecule has 0 radical (unpaired) electrons. The van der Waals surface area contributed by atoms with Crippen LogP contribution in [0.3, 0.4) is 0 Å². The predicted octanol–water partition coefficient (Wildman–Crippen LogP) is 2.78. The molecule has 1 saturated carbocycles. The highest BCUT2D eigenvalue weighted by atomic mass is 19.4. The Kier molecular flexibility index (Phi) is 6.54. The minimum Gasteiger partial charge on any atom is -0.495 e. The molecule has 1 aliphatic carbocycles. The third kappa shape index (κ3) is 5.75. The van der Waals surface area contributed by atoms with Gasteiger partial charge in [0.25, 0.3) is 0 Å². The molecule has 1 aliphatic rings. The van der Waals surface area contributed by atoms with Gasteiger partial charge in [0.2, 0.25) is 11.9 Å². The third-order valence-electron chi connectivity index (χ3n) is 4.74. The molecule has 11 heteroatoms. The van der Waals surface area contributed by atoms with Crippen LogP contribution in [0.4, 0.5) is 30.6 Å². The predicted molar refractivity (Wildman–Crippen MR) is 110 cm³/mol. The zero-order chi connectivity index (χ0) is 22.8. The van der Waals surface area contributed by atoms with Crippen molar-refractivity contribution >= 4 is 23.4 Å². The summed E-state index contributed by atoms with van der Waals surface area (Å²) in [4.78, 5) is 21.2. The van der Waals surface area contributed by atoms with E-state index in [1.54, 1.807) is 32.3 Å². The molecule has 31 heavy (non-hydrogen) atoms. The first kappa shape index (κ1) is 22.6. The Labute approximate surface area is 178 Å². The molecule has 0 spiro atoms. The molecule has 168 valence electrons. The Balaban J connectivity index is 1.81. The first-order valence-electron chi connectivity index (χ1n) is 9.70. The number of anilines is 3. The van der Waals surface area contributed by atoms with Crippen LogP contribution in [0.5, 0.6) is 5.75 Å². The van der Waals surface area contributed by atoms with Gasteiger partial charge in [-0.2, -0.15) is 18.2 Å². The number of rotatable bonds is 8. The molecule has 1 aromatic carbocycles. The van der Waals surface area contributed by atoms with Gasteiger partial charge in [-0.1, -0.05) is 6.07 Å². The van der Waals surface area contributed by atoms with Crippen LogP contribution in [0.15, 0.2) is 24.4 Å². The van der Waals surface area contributed by atoms with Crippen molar-refractivity contribution in [1.29, 1.82) is 0 Å². The normalized spacial score (nSPS) is 14.7. The number of hydrogen-bond donors (Lipinski definition) is 3. The fourth-order valence-corrected chi connectivity index (χ4v) is 2.94. The van der Waals surface area contributed by atoms with E-state index in [4.69, 9.17) is 10.5 Å². The molecule has 4 N–H and O–H groups in total. The van der Waals surface area contributed by atoms with Crippen molar-refractivity contribution < 1.29 is 22.7 Å². The average molecular weight is 438 g/mol. The highest BCUT2D eigenvalue weighted by molar-refractivity contribution is 5.81. The monoisotopic (exact) mass is 438 g/mol. The smallest absolute Gasteiger partial charge is 0.421 e. The average Bonchev–Trinajstić information content (AvgIpc) is 3.51. The van der Waals surface area contributed by atoms with E-state index in [1.807, 2.05) is 0 Å². The first-order valence-corrected chi connectivity index (χ1v) is 9.70. The van der Waals surface area contributed by atoms with Crippen molar-refractivity contribution in [3.63, 3.8) is 0 Å². The Morgan fingerprint density at radius 1 is 1.35 bits per heavy atom. The molecule has 3 rings (SSSR count). The molecular formula is C20H25F3N6O2. The van der Waals surface area contributed by atoms with Crippen LogP contribution in [-0.2, 0) is 17.4 Å². The first-order chi connectivity index (χ1) is 14.6. The number of alkyl halides is 3. The molecule has 1 atom stereocenters. The number of carbonyl (C=O) groups is 1. The summed E-state index contributed by atoms with van der Waals surface area (Å²) < 4.78 is 45.1. The van der Waals surface area contributed by atoms with E-state index in [9.17, 15) is 18.0 Å². The Bertz CT molecular complexity index is 947. The number of benzene rings is 1. The van der Waals surface area contributed by atoms with Gasteiger partial charge in [0.15, 0.2) is 0 Å². The summed E-state index contributed by atoms with van der Waals surface area (Å²) in [5.41, 5.74) is 6.28. The summed E-state index contributed by atoms with van der Waals surface area (Å²) >= 11 is 0. The fraction of sp³-hybridized carbons (Fsp3) is 0.450. The number of carbonyl (C=O) groups excluding carboxylic acids is 1. The SMILES string of the molecule is COc1cc(CC(N)C(=O)N(C)C)ccc1Nc1ncc(C(F)(F)F)c(NC2CC2)n1. The van der Waals surface area contributed by atoms with E-state index >= 15 is 0 Å². The Hall–Kier alpha value is -3.08. The maximum absolute atomic E-state index is 13.3. The lowest BCUT2D eigenvalue weighted by atomic mass is 10.0. The molecule has 1 heterocycles. The topological polar surface area (TPSA) is 105 Å². The van der Waals surface area contributed by atoms with Crippen molar-refractivity contribution in [2.24, 2.45) is 5.73 Å². The number of nitrogens with two attached hydrogens (primary N) is 1. The van der Waals surface area contributed by atoms with E-state index in [2.05, 4.69) is 20.6 Å². The lowest BCUT2D eigenvalue weighted by Crippen LogP contribution is -2.41. The van der Waals surface area contributed by atoms with Gasteiger partial charge in [0, 0.05) is 26.3 Å². The van der Waals surface area contributed by atoms with Crippen molar-refractivity contribution in [2.45, 2.75) is 37.5 Å². The van der Waals surface area contributed by atoms with Crippen LogP contribution in [0.25, 0.3) is 0 Å². The van der Waals surface area contributed by atoms with Crippen molar-refractivity contribution in [3.8, 4) is 5.75 Å². The number of ether oxygens (including phenoxy) is 1. The molecule has 1 fully saturated rings. The number of halogens is 3. The van der Waals surface area contributed by atoms with E-state index in [0.29, 0.717) is 17.9 Å².